The normalized spacial score (nSPS) is 11.6. The number of allylic oxidation sites excluding steroid dienone is 1. The van der Waals surface area contributed by atoms with Crippen LogP contribution in [0, 0.1) is 13.8 Å². The molecule has 0 aliphatic heterocycles. The Kier molecular flexibility index (Phi) is 3.99. The van der Waals surface area contributed by atoms with E-state index in [0.717, 1.165) is 6.42 Å². The molecule has 0 nitrogen and oxygen atoms in total. The number of benzene rings is 2. The van der Waals surface area contributed by atoms with E-state index in [1.807, 2.05) is 0 Å². The fraction of sp³-hybridized carbons (Fsp3) is 0.222. The Balaban J connectivity index is 2.19. The maximum Gasteiger partial charge on any atom is -0.00638 e. The molecule has 0 bridgehead atoms. The topological polar surface area (TPSA) is 0 Å². The van der Waals surface area contributed by atoms with Gasteiger partial charge in [0.2, 0.25) is 0 Å². The summed E-state index contributed by atoms with van der Waals surface area (Å²) in [7, 11) is 0. The van der Waals surface area contributed by atoms with Crippen molar-refractivity contribution in [2.45, 2.75) is 27.2 Å². The van der Waals surface area contributed by atoms with Gasteiger partial charge in [0.25, 0.3) is 0 Å². The number of rotatable bonds is 3. The predicted octanol–water partition coefficient (Wildman–Crippen LogP) is 4.95. The van der Waals surface area contributed by atoms with Crippen molar-refractivity contribution in [2.75, 3.05) is 0 Å². The lowest BCUT2D eigenvalue weighted by Gasteiger charge is -2.07. The van der Waals surface area contributed by atoms with E-state index in [1.54, 1.807) is 0 Å². The summed E-state index contributed by atoms with van der Waals surface area (Å²) < 4.78 is 0. The lowest BCUT2D eigenvalue weighted by molar-refractivity contribution is 1.12. The average Bonchev–Trinajstić information content (AvgIpc) is 2.35. The van der Waals surface area contributed by atoms with Gasteiger partial charge in [-0.15, -0.1) is 0 Å². The molecule has 0 saturated heterocycles. The molecule has 0 aromatic heterocycles. The minimum absolute atomic E-state index is 1.03. The highest BCUT2D eigenvalue weighted by Gasteiger charge is 2.00. The second kappa shape index (κ2) is 5.68. The van der Waals surface area contributed by atoms with Crippen molar-refractivity contribution >= 4 is 6.08 Å². The molecular formula is C18H20. The molecule has 0 saturated carbocycles. The monoisotopic (exact) mass is 236 g/mol. The van der Waals surface area contributed by atoms with Crippen molar-refractivity contribution in [3.05, 3.63) is 76.4 Å². The van der Waals surface area contributed by atoms with Crippen molar-refractivity contribution in [2.24, 2.45) is 0 Å². The summed E-state index contributed by atoms with van der Waals surface area (Å²) in [5.41, 5.74) is 6.82. The van der Waals surface area contributed by atoms with Crippen LogP contribution in [0.1, 0.15) is 29.2 Å². The largest absolute Gasteiger partial charge is 0.0683 e. The molecule has 0 heterocycles. The Morgan fingerprint density at radius 1 is 1.00 bits per heavy atom. The minimum Gasteiger partial charge on any atom is -0.0683 e. The van der Waals surface area contributed by atoms with Gasteiger partial charge in [-0.25, -0.2) is 0 Å². The van der Waals surface area contributed by atoms with E-state index in [2.05, 4.69) is 75.4 Å². The summed E-state index contributed by atoms with van der Waals surface area (Å²) in [6.45, 7) is 6.54. The Hall–Kier alpha value is -1.82. The zero-order valence-electron chi connectivity index (χ0n) is 11.4. The van der Waals surface area contributed by atoms with Gasteiger partial charge in [0.1, 0.15) is 0 Å². The second-order valence-corrected chi connectivity index (χ2v) is 5.01. The zero-order valence-corrected chi connectivity index (χ0v) is 11.4. The fourth-order valence-electron chi connectivity index (χ4n) is 2.18. The van der Waals surface area contributed by atoms with Gasteiger partial charge in [0.05, 0.1) is 0 Å². The summed E-state index contributed by atoms with van der Waals surface area (Å²) in [5, 5.41) is 0. The lowest BCUT2D eigenvalue weighted by atomic mass is 9.98. The smallest absolute Gasteiger partial charge is 0.00638 e. The molecule has 0 spiro atoms. The maximum absolute atomic E-state index is 2.29. The van der Waals surface area contributed by atoms with E-state index < -0.39 is 0 Å². The van der Waals surface area contributed by atoms with Gasteiger partial charge in [0, 0.05) is 0 Å². The zero-order chi connectivity index (χ0) is 13.0. The first-order chi connectivity index (χ1) is 8.65. The molecule has 2 aromatic carbocycles. The van der Waals surface area contributed by atoms with Crippen molar-refractivity contribution < 1.29 is 0 Å². The molecular weight excluding hydrogens is 216 g/mol. The summed E-state index contributed by atoms with van der Waals surface area (Å²) in [6.07, 6.45) is 3.30. The molecule has 2 rings (SSSR count). The van der Waals surface area contributed by atoms with Gasteiger partial charge in [0.15, 0.2) is 0 Å². The molecule has 0 amide bonds. The van der Waals surface area contributed by atoms with Crippen molar-refractivity contribution in [1.29, 1.82) is 0 Å². The van der Waals surface area contributed by atoms with Gasteiger partial charge in [-0.3, -0.25) is 0 Å². The summed E-state index contributed by atoms with van der Waals surface area (Å²) in [5.74, 6) is 0. The van der Waals surface area contributed by atoms with Crippen LogP contribution in [0.25, 0.3) is 6.08 Å². The molecule has 18 heavy (non-hydrogen) atoms. The van der Waals surface area contributed by atoms with Crippen LogP contribution in [-0.4, -0.2) is 0 Å². The lowest BCUT2D eigenvalue weighted by Crippen LogP contribution is -1.92. The van der Waals surface area contributed by atoms with E-state index in [-0.39, 0.29) is 0 Å². The van der Waals surface area contributed by atoms with Crippen LogP contribution < -0.4 is 0 Å². The average molecular weight is 236 g/mol. The van der Waals surface area contributed by atoms with Crippen LogP contribution in [0.2, 0.25) is 0 Å². The van der Waals surface area contributed by atoms with E-state index in [0.29, 0.717) is 0 Å². The SMILES string of the molecule is C/C(=C\c1ccccc1)Cc1cc(C)ccc1C. The molecule has 0 atom stereocenters. The minimum atomic E-state index is 1.03. The van der Waals surface area contributed by atoms with Gasteiger partial charge >= 0.3 is 0 Å². The molecule has 0 aliphatic rings. The van der Waals surface area contributed by atoms with E-state index in [9.17, 15) is 0 Å². The standard InChI is InChI=1S/C18H20/c1-14-9-10-16(3)18(12-14)13-15(2)11-17-7-5-4-6-8-17/h4-12H,13H2,1-3H3/b15-11+. The molecule has 0 fully saturated rings. The quantitative estimate of drug-likeness (QED) is 0.707. The molecule has 2 aromatic rings. The van der Waals surface area contributed by atoms with E-state index in [4.69, 9.17) is 0 Å². The number of aryl methyl sites for hydroxylation is 2. The first kappa shape index (κ1) is 12.6. The van der Waals surface area contributed by atoms with Crippen LogP contribution in [-0.2, 0) is 6.42 Å². The summed E-state index contributed by atoms with van der Waals surface area (Å²) in [4.78, 5) is 0. The molecule has 0 aliphatic carbocycles. The third-order valence-corrected chi connectivity index (χ3v) is 3.19. The Bertz CT molecular complexity index is 548. The Labute approximate surface area is 110 Å². The first-order valence-corrected chi connectivity index (χ1v) is 6.43. The van der Waals surface area contributed by atoms with Gasteiger partial charge in [-0.2, -0.15) is 0 Å². The molecule has 0 radical (unpaired) electrons. The molecule has 0 unspecified atom stereocenters. The highest BCUT2D eigenvalue weighted by Crippen LogP contribution is 2.16. The van der Waals surface area contributed by atoms with Crippen LogP contribution in [0.3, 0.4) is 0 Å². The molecule has 92 valence electrons. The fourth-order valence-corrected chi connectivity index (χ4v) is 2.18. The van der Waals surface area contributed by atoms with E-state index in [1.165, 1.54) is 27.8 Å². The van der Waals surface area contributed by atoms with Gasteiger partial charge in [-0.1, -0.05) is 65.7 Å². The first-order valence-electron chi connectivity index (χ1n) is 6.43. The van der Waals surface area contributed by atoms with Gasteiger partial charge in [-0.05, 0) is 43.9 Å². The highest BCUT2D eigenvalue weighted by molar-refractivity contribution is 5.53. The molecule has 0 heteroatoms. The highest BCUT2D eigenvalue weighted by atomic mass is 14.1. The Morgan fingerprint density at radius 2 is 1.72 bits per heavy atom. The van der Waals surface area contributed by atoms with Crippen LogP contribution in [0.15, 0.2) is 54.1 Å². The van der Waals surface area contributed by atoms with Crippen molar-refractivity contribution in [3.8, 4) is 0 Å². The number of hydrogen-bond acceptors (Lipinski definition) is 0. The second-order valence-electron chi connectivity index (χ2n) is 5.01. The van der Waals surface area contributed by atoms with Gasteiger partial charge < -0.3 is 0 Å². The predicted molar refractivity (Wildman–Crippen MR) is 79.7 cm³/mol. The molecule has 0 N–H and O–H groups in total. The van der Waals surface area contributed by atoms with Crippen molar-refractivity contribution in [1.82, 2.24) is 0 Å². The third kappa shape index (κ3) is 3.33. The van der Waals surface area contributed by atoms with Crippen molar-refractivity contribution in [3.63, 3.8) is 0 Å². The third-order valence-electron chi connectivity index (χ3n) is 3.19. The maximum atomic E-state index is 2.29. The van der Waals surface area contributed by atoms with E-state index >= 15 is 0 Å². The Morgan fingerprint density at radius 3 is 2.44 bits per heavy atom. The number of hydrogen-bond donors (Lipinski definition) is 0. The van der Waals surface area contributed by atoms with Crippen LogP contribution >= 0.6 is 0 Å². The van der Waals surface area contributed by atoms with Crippen LogP contribution in [0.5, 0.6) is 0 Å². The van der Waals surface area contributed by atoms with Crippen LogP contribution in [0.4, 0.5) is 0 Å². The summed E-state index contributed by atoms with van der Waals surface area (Å²) >= 11 is 0. The summed E-state index contributed by atoms with van der Waals surface area (Å²) in [6, 6.07) is 17.2.